The van der Waals surface area contributed by atoms with Gasteiger partial charge in [-0.3, -0.25) is 14.9 Å². The maximum absolute atomic E-state index is 13.0. The average Bonchev–Trinajstić information content (AvgIpc) is 3.02. The number of ketones is 1. The second-order valence-corrected chi connectivity index (χ2v) is 9.02. The number of aromatic nitrogens is 1. The van der Waals surface area contributed by atoms with Gasteiger partial charge >= 0.3 is 5.97 Å². The molecule has 2 heterocycles. The summed E-state index contributed by atoms with van der Waals surface area (Å²) >= 11 is 1.51. The molecule has 1 aromatic heterocycles. The molecule has 134 valence electrons. The highest BCUT2D eigenvalue weighted by molar-refractivity contribution is 7.09. The van der Waals surface area contributed by atoms with Crippen molar-refractivity contribution in [1.82, 2.24) is 10.3 Å². The number of nitrogens with zero attached hydrogens (tertiary/aromatic N) is 1. The first-order chi connectivity index (χ1) is 11.0. The van der Waals surface area contributed by atoms with Gasteiger partial charge in [0, 0.05) is 17.5 Å². The van der Waals surface area contributed by atoms with Gasteiger partial charge in [-0.25, -0.2) is 4.98 Å². The third-order valence-corrected chi connectivity index (χ3v) is 5.05. The molecule has 1 aliphatic rings. The molecule has 0 aromatic carbocycles. The summed E-state index contributed by atoms with van der Waals surface area (Å²) in [6.07, 6.45) is 2.82. The van der Waals surface area contributed by atoms with Gasteiger partial charge in [0.25, 0.3) is 0 Å². The minimum Gasteiger partial charge on any atom is -0.459 e. The van der Waals surface area contributed by atoms with Crippen molar-refractivity contribution in [3.8, 4) is 0 Å². The first-order valence-electron chi connectivity index (χ1n) is 8.45. The number of thiazole rings is 1. The van der Waals surface area contributed by atoms with Gasteiger partial charge in [0.1, 0.15) is 21.9 Å². The molecule has 3 atom stereocenters. The van der Waals surface area contributed by atoms with E-state index in [4.69, 9.17) is 4.74 Å². The van der Waals surface area contributed by atoms with Crippen LogP contribution in [0.1, 0.15) is 65.4 Å². The van der Waals surface area contributed by atoms with Crippen molar-refractivity contribution in [3.05, 3.63) is 16.6 Å². The molecule has 0 radical (unpaired) electrons. The average molecular weight is 352 g/mol. The molecule has 1 fully saturated rings. The second-order valence-electron chi connectivity index (χ2n) is 8.10. The van der Waals surface area contributed by atoms with Gasteiger partial charge < -0.3 is 4.74 Å². The molecule has 2 rings (SSSR count). The quantitative estimate of drug-likeness (QED) is 0.821. The summed E-state index contributed by atoms with van der Waals surface area (Å²) in [5.74, 6) is -0.152. The van der Waals surface area contributed by atoms with Crippen LogP contribution in [0.3, 0.4) is 0 Å². The zero-order valence-corrected chi connectivity index (χ0v) is 16.2. The van der Waals surface area contributed by atoms with Gasteiger partial charge in [-0.1, -0.05) is 13.8 Å². The Hall–Kier alpha value is -1.27. The fraction of sp³-hybridized carbons (Fsp3) is 0.722. The van der Waals surface area contributed by atoms with Crippen LogP contribution in [0.4, 0.5) is 0 Å². The summed E-state index contributed by atoms with van der Waals surface area (Å²) in [5.41, 5.74) is -1.40. The molecule has 0 bridgehead atoms. The van der Waals surface area contributed by atoms with E-state index in [9.17, 15) is 9.59 Å². The third-order valence-electron chi connectivity index (χ3n) is 4.19. The number of hydrogen-bond acceptors (Lipinski definition) is 6. The zero-order valence-electron chi connectivity index (χ0n) is 15.4. The van der Waals surface area contributed by atoms with E-state index in [1.807, 2.05) is 26.2 Å². The van der Waals surface area contributed by atoms with Crippen molar-refractivity contribution in [3.63, 3.8) is 0 Å². The van der Waals surface area contributed by atoms with E-state index in [1.165, 1.54) is 11.3 Å². The molecule has 5 nitrogen and oxygen atoms in total. The van der Waals surface area contributed by atoms with Gasteiger partial charge in [-0.15, -0.1) is 11.3 Å². The van der Waals surface area contributed by atoms with Crippen LogP contribution >= 0.6 is 11.3 Å². The molecule has 0 saturated carbocycles. The number of Topliss-reactive ketones (excluding diaryl/α,β-unsaturated/α-hetero) is 1. The second kappa shape index (κ2) is 6.92. The Kier molecular flexibility index (Phi) is 5.50. The lowest BCUT2D eigenvalue weighted by molar-refractivity contribution is -0.163. The molecule has 0 aliphatic carbocycles. The van der Waals surface area contributed by atoms with Gasteiger partial charge in [0.05, 0.1) is 6.04 Å². The summed E-state index contributed by atoms with van der Waals surface area (Å²) in [7, 11) is 0. The molecule has 0 amide bonds. The topological polar surface area (TPSA) is 68.3 Å². The Morgan fingerprint density at radius 2 is 2.12 bits per heavy atom. The number of carbonyl (C=O) groups excluding carboxylic acids is 2. The van der Waals surface area contributed by atoms with E-state index < -0.39 is 11.1 Å². The van der Waals surface area contributed by atoms with E-state index in [0.29, 0.717) is 18.8 Å². The highest BCUT2D eigenvalue weighted by Gasteiger charge is 2.54. The SMILES string of the molecule is CC(=O)[C@@H]1C[C@@](CC(C)C)(C(=O)OC(C)(C)C)N[C@H]1c1nccs1. The Morgan fingerprint density at radius 3 is 2.58 bits per heavy atom. The van der Waals surface area contributed by atoms with Crippen LogP contribution in [0.15, 0.2) is 11.6 Å². The normalized spacial score (nSPS) is 27.5. The standard InChI is InChI=1S/C18H28N2O3S/c1-11(2)9-18(16(22)23-17(4,5)6)10-13(12(3)21)14(20-18)15-19-7-8-24-15/h7-8,11,13-14,20H,9-10H2,1-6H3/t13-,14+,18-/m0/s1. The fourth-order valence-electron chi connectivity index (χ4n) is 3.39. The summed E-state index contributed by atoms with van der Waals surface area (Å²) in [6.45, 7) is 11.3. The number of carbonyl (C=O) groups is 2. The van der Waals surface area contributed by atoms with Crippen molar-refractivity contribution in [2.75, 3.05) is 0 Å². The zero-order chi connectivity index (χ0) is 18.1. The first kappa shape index (κ1) is 19.1. The number of ether oxygens (including phenoxy) is 1. The lowest BCUT2D eigenvalue weighted by atomic mass is 9.83. The highest BCUT2D eigenvalue weighted by Crippen LogP contribution is 2.43. The van der Waals surface area contributed by atoms with Crippen LogP contribution in [-0.4, -0.2) is 27.9 Å². The summed E-state index contributed by atoms with van der Waals surface area (Å²) < 4.78 is 5.69. The Bertz CT molecular complexity index is 592. The predicted octanol–water partition coefficient (Wildman–Crippen LogP) is 3.51. The molecule has 1 aromatic rings. The van der Waals surface area contributed by atoms with Crippen molar-refractivity contribution in [2.24, 2.45) is 11.8 Å². The first-order valence-corrected chi connectivity index (χ1v) is 9.33. The van der Waals surface area contributed by atoms with Crippen molar-refractivity contribution >= 4 is 23.1 Å². The fourth-order valence-corrected chi connectivity index (χ4v) is 4.14. The smallest absolute Gasteiger partial charge is 0.326 e. The lowest BCUT2D eigenvalue weighted by Gasteiger charge is -2.33. The van der Waals surface area contributed by atoms with Gasteiger partial charge in [-0.2, -0.15) is 0 Å². The summed E-state index contributed by atoms with van der Waals surface area (Å²) in [6, 6.07) is -0.228. The number of esters is 1. The van der Waals surface area contributed by atoms with Crippen LogP contribution in [0.2, 0.25) is 0 Å². The molecule has 1 saturated heterocycles. The van der Waals surface area contributed by atoms with Crippen molar-refractivity contribution < 1.29 is 14.3 Å². The third kappa shape index (κ3) is 4.22. The minimum atomic E-state index is -0.839. The number of hydrogen-bond donors (Lipinski definition) is 1. The number of nitrogens with one attached hydrogen (secondary N) is 1. The van der Waals surface area contributed by atoms with Crippen LogP contribution in [0.25, 0.3) is 0 Å². The van der Waals surface area contributed by atoms with Crippen LogP contribution in [0, 0.1) is 11.8 Å². The van der Waals surface area contributed by atoms with E-state index in [1.54, 1.807) is 13.1 Å². The van der Waals surface area contributed by atoms with Crippen molar-refractivity contribution in [1.29, 1.82) is 0 Å². The van der Waals surface area contributed by atoms with Gasteiger partial charge in [0.15, 0.2) is 0 Å². The van der Waals surface area contributed by atoms with Gasteiger partial charge in [0.2, 0.25) is 0 Å². The minimum absolute atomic E-state index is 0.0805. The maximum Gasteiger partial charge on any atom is 0.326 e. The Morgan fingerprint density at radius 1 is 1.46 bits per heavy atom. The van der Waals surface area contributed by atoms with Crippen LogP contribution < -0.4 is 5.32 Å². The molecular weight excluding hydrogens is 324 g/mol. The van der Waals surface area contributed by atoms with Gasteiger partial charge in [-0.05, 0) is 46.5 Å². The summed E-state index contributed by atoms with van der Waals surface area (Å²) in [4.78, 5) is 29.6. The molecule has 6 heteroatoms. The van der Waals surface area contributed by atoms with Crippen LogP contribution in [-0.2, 0) is 14.3 Å². The number of rotatable bonds is 5. The van der Waals surface area contributed by atoms with E-state index in [2.05, 4.69) is 24.1 Å². The molecule has 1 aliphatic heterocycles. The lowest BCUT2D eigenvalue weighted by Crippen LogP contribution is -2.52. The van der Waals surface area contributed by atoms with Crippen LogP contribution in [0.5, 0.6) is 0 Å². The molecule has 0 unspecified atom stereocenters. The van der Waals surface area contributed by atoms with Crippen molar-refractivity contribution in [2.45, 2.75) is 71.6 Å². The van der Waals surface area contributed by atoms with E-state index in [-0.39, 0.29) is 23.7 Å². The Labute approximate surface area is 148 Å². The summed E-state index contributed by atoms with van der Waals surface area (Å²) in [5, 5.41) is 6.19. The molecule has 24 heavy (non-hydrogen) atoms. The molecule has 0 spiro atoms. The largest absolute Gasteiger partial charge is 0.459 e. The monoisotopic (exact) mass is 352 g/mol. The highest BCUT2D eigenvalue weighted by atomic mass is 32.1. The van der Waals surface area contributed by atoms with E-state index >= 15 is 0 Å². The van der Waals surface area contributed by atoms with E-state index in [0.717, 1.165) is 5.01 Å². The molecule has 1 N–H and O–H groups in total. The Balaban J connectivity index is 2.37. The maximum atomic E-state index is 13.0. The predicted molar refractivity (Wildman–Crippen MR) is 94.8 cm³/mol. The molecular formula is C18H28N2O3S.